The van der Waals surface area contributed by atoms with E-state index in [4.69, 9.17) is 9.47 Å². The minimum Gasteiger partial charge on any atom is -0.466 e. The van der Waals surface area contributed by atoms with Crippen LogP contribution < -0.4 is 5.43 Å². The highest BCUT2D eigenvalue weighted by Gasteiger charge is 2.37. The van der Waals surface area contributed by atoms with Crippen LogP contribution in [0.2, 0.25) is 0 Å². The van der Waals surface area contributed by atoms with Crippen LogP contribution in [0.1, 0.15) is 24.0 Å². The Bertz CT molecular complexity index is 659. The van der Waals surface area contributed by atoms with Crippen molar-refractivity contribution in [3.05, 3.63) is 46.7 Å². The van der Waals surface area contributed by atoms with Crippen LogP contribution >= 0.6 is 0 Å². The number of nitrogens with one attached hydrogen (secondary N) is 1. The lowest BCUT2D eigenvalue weighted by molar-refractivity contribution is -0.136. The van der Waals surface area contributed by atoms with Gasteiger partial charge in [-0.3, -0.25) is 5.43 Å². The average molecular weight is 302 g/mol. The molecule has 1 aromatic rings. The molecule has 0 spiro atoms. The van der Waals surface area contributed by atoms with Gasteiger partial charge in [-0.1, -0.05) is 29.8 Å². The summed E-state index contributed by atoms with van der Waals surface area (Å²) in [4.78, 5) is 24.2. The van der Waals surface area contributed by atoms with Crippen LogP contribution in [-0.2, 0) is 19.1 Å². The van der Waals surface area contributed by atoms with Crippen molar-refractivity contribution >= 4 is 17.7 Å². The molecule has 1 unspecified atom stereocenters. The number of rotatable bonds is 3. The van der Waals surface area contributed by atoms with Crippen molar-refractivity contribution in [3.8, 4) is 0 Å². The Balaban J connectivity index is 2.58. The van der Waals surface area contributed by atoms with E-state index in [2.05, 4.69) is 10.5 Å². The molecule has 1 aliphatic rings. The first-order chi connectivity index (χ1) is 10.5. The summed E-state index contributed by atoms with van der Waals surface area (Å²) in [6.07, 6.45) is 0. The van der Waals surface area contributed by atoms with Crippen LogP contribution in [0, 0.1) is 6.92 Å². The molecule has 6 heteroatoms. The maximum absolute atomic E-state index is 12.2. The van der Waals surface area contributed by atoms with Crippen molar-refractivity contribution in [2.24, 2.45) is 5.10 Å². The molecule has 0 aliphatic carbocycles. The number of nitrogens with zero attached hydrogens (tertiary/aromatic N) is 1. The third-order valence-electron chi connectivity index (χ3n) is 3.52. The van der Waals surface area contributed by atoms with E-state index in [9.17, 15) is 9.59 Å². The number of esters is 2. The molecule has 2 rings (SSSR count). The van der Waals surface area contributed by atoms with E-state index in [1.54, 1.807) is 6.92 Å². The number of carbonyl (C=O) groups excluding carboxylic acids is 2. The van der Waals surface area contributed by atoms with Gasteiger partial charge >= 0.3 is 11.9 Å². The number of benzene rings is 1. The van der Waals surface area contributed by atoms with Crippen molar-refractivity contribution in [1.29, 1.82) is 0 Å². The van der Waals surface area contributed by atoms with Crippen molar-refractivity contribution < 1.29 is 19.1 Å². The summed E-state index contributed by atoms with van der Waals surface area (Å²) in [6.45, 7) is 3.68. The first-order valence-corrected chi connectivity index (χ1v) is 6.77. The summed E-state index contributed by atoms with van der Waals surface area (Å²) in [5.74, 6) is -1.72. The molecular weight excluding hydrogens is 284 g/mol. The summed E-state index contributed by atoms with van der Waals surface area (Å²) in [5, 5.41) is 4.05. The smallest absolute Gasteiger partial charge is 0.355 e. The van der Waals surface area contributed by atoms with Crippen LogP contribution in [0.5, 0.6) is 0 Å². The van der Waals surface area contributed by atoms with Gasteiger partial charge in [0.15, 0.2) is 5.71 Å². The summed E-state index contributed by atoms with van der Waals surface area (Å²) in [6, 6.07) is 7.55. The van der Waals surface area contributed by atoms with E-state index in [1.165, 1.54) is 14.2 Å². The molecule has 1 aromatic carbocycles. The van der Waals surface area contributed by atoms with Crippen molar-refractivity contribution in [2.75, 3.05) is 14.2 Å². The van der Waals surface area contributed by atoms with E-state index < -0.39 is 17.9 Å². The van der Waals surface area contributed by atoms with Crippen molar-refractivity contribution in [2.45, 2.75) is 19.8 Å². The Kier molecular flexibility index (Phi) is 4.60. The minimum absolute atomic E-state index is 0.123. The molecule has 1 heterocycles. The van der Waals surface area contributed by atoms with Gasteiger partial charge < -0.3 is 9.47 Å². The summed E-state index contributed by atoms with van der Waals surface area (Å²) >= 11 is 0. The number of carbonyl (C=O) groups is 2. The topological polar surface area (TPSA) is 77.0 Å². The van der Waals surface area contributed by atoms with Crippen LogP contribution in [0.4, 0.5) is 0 Å². The van der Waals surface area contributed by atoms with Gasteiger partial charge in [-0.15, -0.1) is 0 Å². The normalized spacial score (nSPS) is 17.5. The van der Waals surface area contributed by atoms with E-state index in [-0.39, 0.29) is 5.71 Å². The Hall–Kier alpha value is -2.63. The van der Waals surface area contributed by atoms with E-state index in [0.717, 1.165) is 11.1 Å². The Morgan fingerprint density at radius 2 is 1.64 bits per heavy atom. The minimum atomic E-state index is -0.623. The maximum atomic E-state index is 12.2. The Labute approximate surface area is 128 Å². The molecule has 0 amide bonds. The highest BCUT2D eigenvalue weighted by atomic mass is 16.5. The van der Waals surface area contributed by atoms with Crippen LogP contribution in [0.3, 0.4) is 0 Å². The molecule has 0 saturated heterocycles. The molecule has 0 aromatic heterocycles. The van der Waals surface area contributed by atoms with Crippen LogP contribution in [-0.4, -0.2) is 31.9 Å². The van der Waals surface area contributed by atoms with E-state index in [1.807, 2.05) is 31.2 Å². The molecular formula is C16H18N2O4. The largest absolute Gasteiger partial charge is 0.466 e. The van der Waals surface area contributed by atoms with Crippen molar-refractivity contribution in [3.63, 3.8) is 0 Å². The van der Waals surface area contributed by atoms with Gasteiger partial charge in [0.25, 0.3) is 0 Å². The number of methoxy groups -OCH3 is 2. The molecule has 1 aliphatic heterocycles. The first kappa shape index (κ1) is 15.8. The number of hydrazone groups is 1. The van der Waals surface area contributed by atoms with E-state index in [0.29, 0.717) is 11.3 Å². The van der Waals surface area contributed by atoms with Gasteiger partial charge in [0.05, 0.1) is 25.7 Å². The fourth-order valence-corrected chi connectivity index (χ4v) is 2.35. The zero-order chi connectivity index (χ0) is 16.3. The molecule has 0 bridgehead atoms. The van der Waals surface area contributed by atoms with Gasteiger partial charge in [-0.2, -0.15) is 5.10 Å². The standard InChI is InChI=1S/C16H18N2O4/c1-9-5-7-11(8-6-9)13-12(15(19)21-3)10(2)17-18-14(13)16(20)22-4/h5-8,13,17H,1-4H3. The zero-order valence-corrected chi connectivity index (χ0v) is 13.0. The number of ether oxygens (including phenoxy) is 2. The van der Waals surface area contributed by atoms with E-state index >= 15 is 0 Å². The lowest BCUT2D eigenvalue weighted by Crippen LogP contribution is -2.35. The highest BCUT2D eigenvalue weighted by molar-refractivity contribution is 6.40. The molecule has 1 N–H and O–H groups in total. The monoisotopic (exact) mass is 302 g/mol. The van der Waals surface area contributed by atoms with Crippen LogP contribution in [0.15, 0.2) is 40.6 Å². The summed E-state index contributed by atoms with van der Waals surface area (Å²) < 4.78 is 9.63. The maximum Gasteiger partial charge on any atom is 0.355 e. The van der Waals surface area contributed by atoms with Crippen LogP contribution in [0.25, 0.3) is 0 Å². The predicted molar refractivity (Wildman–Crippen MR) is 81.2 cm³/mol. The van der Waals surface area contributed by atoms with Gasteiger partial charge in [0.2, 0.25) is 0 Å². The summed E-state index contributed by atoms with van der Waals surface area (Å²) in [5.41, 5.74) is 5.56. The molecule has 1 atom stereocenters. The molecule has 116 valence electrons. The average Bonchev–Trinajstić information content (AvgIpc) is 2.54. The number of aryl methyl sites for hydroxylation is 1. The quantitative estimate of drug-likeness (QED) is 0.859. The highest BCUT2D eigenvalue weighted by Crippen LogP contribution is 2.32. The fourth-order valence-electron chi connectivity index (χ4n) is 2.35. The van der Waals surface area contributed by atoms with Gasteiger partial charge in [0.1, 0.15) is 0 Å². The van der Waals surface area contributed by atoms with Gasteiger partial charge in [0, 0.05) is 5.70 Å². The predicted octanol–water partition coefficient (Wildman–Crippen LogP) is 1.66. The lowest BCUT2D eigenvalue weighted by Gasteiger charge is -2.25. The third kappa shape index (κ3) is 2.86. The Morgan fingerprint density at radius 3 is 2.18 bits per heavy atom. The Morgan fingerprint density at radius 1 is 1.05 bits per heavy atom. The summed E-state index contributed by atoms with van der Waals surface area (Å²) in [7, 11) is 2.58. The van der Waals surface area contributed by atoms with Crippen molar-refractivity contribution in [1.82, 2.24) is 5.43 Å². The molecule has 0 radical (unpaired) electrons. The van der Waals surface area contributed by atoms with Gasteiger partial charge in [-0.25, -0.2) is 9.59 Å². The second-order valence-corrected chi connectivity index (χ2v) is 4.97. The second kappa shape index (κ2) is 6.43. The number of hydrogen-bond donors (Lipinski definition) is 1. The number of allylic oxidation sites excluding steroid dienone is 1. The molecule has 0 saturated carbocycles. The van der Waals surface area contributed by atoms with Gasteiger partial charge in [-0.05, 0) is 19.4 Å². The molecule has 22 heavy (non-hydrogen) atoms. The zero-order valence-electron chi connectivity index (χ0n) is 13.0. The lowest BCUT2D eigenvalue weighted by atomic mass is 9.84. The molecule has 6 nitrogen and oxygen atoms in total. The molecule has 0 fully saturated rings. The first-order valence-electron chi connectivity index (χ1n) is 6.77. The fraction of sp³-hybridized carbons (Fsp3) is 0.312. The third-order valence-corrected chi connectivity index (χ3v) is 3.52. The SMILES string of the molecule is COC(=O)C1=NNC(C)=C(C(=O)OC)C1c1ccc(C)cc1. The number of hydrogen-bond acceptors (Lipinski definition) is 6. The second-order valence-electron chi connectivity index (χ2n) is 4.97.